The molecule has 0 radical (unpaired) electrons. The topological polar surface area (TPSA) is 75.4 Å². The van der Waals surface area contributed by atoms with Crippen molar-refractivity contribution in [3.63, 3.8) is 0 Å². The zero-order valence-electron chi connectivity index (χ0n) is 11.1. The smallest absolute Gasteiger partial charge is 0.224 e. The lowest BCUT2D eigenvalue weighted by Crippen LogP contribution is -2.48. The van der Waals surface area contributed by atoms with Gasteiger partial charge in [0.05, 0.1) is 6.42 Å². The van der Waals surface area contributed by atoms with Crippen LogP contribution >= 0.6 is 0 Å². The Balaban J connectivity index is 1.84. The normalized spacial score (nSPS) is 19.3. The van der Waals surface area contributed by atoms with E-state index in [9.17, 15) is 9.59 Å². The zero-order chi connectivity index (χ0) is 13.8. The summed E-state index contributed by atoms with van der Waals surface area (Å²) in [4.78, 5) is 24.9. The number of nitrogens with two attached hydrogens (primary N) is 1. The van der Waals surface area contributed by atoms with E-state index in [2.05, 4.69) is 5.32 Å². The van der Waals surface area contributed by atoms with Gasteiger partial charge in [0, 0.05) is 31.7 Å². The van der Waals surface area contributed by atoms with Gasteiger partial charge in [-0.05, 0) is 24.1 Å². The third kappa shape index (κ3) is 3.71. The molecule has 1 aromatic carbocycles. The van der Waals surface area contributed by atoms with E-state index in [0.29, 0.717) is 25.1 Å². The van der Waals surface area contributed by atoms with Crippen molar-refractivity contribution >= 4 is 17.5 Å². The molecule has 0 aliphatic carbocycles. The van der Waals surface area contributed by atoms with Gasteiger partial charge < -0.3 is 16.0 Å². The zero-order valence-corrected chi connectivity index (χ0v) is 11.1. The third-order valence-electron chi connectivity index (χ3n) is 3.34. The number of likely N-dealkylation sites (tertiary alicyclic amines) is 1. The summed E-state index contributed by atoms with van der Waals surface area (Å²) in [5.74, 6) is 0.126. The summed E-state index contributed by atoms with van der Waals surface area (Å²) < 4.78 is 0. The Labute approximate surface area is 112 Å². The molecule has 2 amide bonds. The summed E-state index contributed by atoms with van der Waals surface area (Å²) in [5.41, 5.74) is 7.23. The number of anilines is 1. The third-order valence-corrected chi connectivity index (χ3v) is 3.34. The molecule has 1 saturated heterocycles. The van der Waals surface area contributed by atoms with E-state index in [4.69, 9.17) is 5.73 Å². The average Bonchev–Trinajstić information content (AvgIpc) is 2.37. The van der Waals surface area contributed by atoms with E-state index >= 15 is 0 Å². The minimum atomic E-state index is -0.0162. The fraction of sp³-hybridized carbons (Fsp3) is 0.429. The summed E-state index contributed by atoms with van der Waals surface area (Å²) in [6.45, 7) is 0.590. The van der Waals surface area contributed by atoms with Crippen LogP contribution in [0.2, 0.25) is 0 Å². The fourth-order valence-electron chi connectivity index (χ4n) is 2.23. The van der Waals surface area contributed by atoms with Crippen LogP contribution in [0.15, 0.2) is 24.3 Å². The Morgan fingerprint density at radius 2 is 2.11 bits per heavy atom. The van der Waals surface area contributed by atoms with Crippen molar-refractivity contribution in [2.45, 2.75) is 25.3 Å². The molecule has 5 nitrogen and oxygen atoms in total. The number of rotatable bonds is 3. The van der Waals surface area contributed by atoms with Crippen molar-refractivity contribution in [2.75, 3.05) is 19.3 Å². The van der Waals surface area contributed by atoms with Gasteiger partial charge in [-0.25, -0.2) is 0 Å². The van der Waals surface area contributed by atoms with Crippen molar-refractivity contribution < 1.29 is 9.59 Å². The number of hydrogen-bond donors (Lipinski definition) is 2. The van der Waals surface area contributed by atoms with Gasteiger partial charge in [0.1, 0.15) is 0 Å². The number of nitrogens with one attached hydrogen (secondary N) is 1. The molecule has 0 bridgehead atoms. The molecular weight excluding hydrogens is 242 g/mol. The highest BCUT2D eigenvalue weighted by Crippen LogP contribution is 2.10. The highest BCUT2D eigenvalue weighted by atomic mass is 16.2. The van der Waals surface area contributed by atoms with Crippen molar-refractivity contribution in [1.82, 2.24) is 10.2 Å². The molecule has 102 valence electrons. The molecular formula is C14H19N3O2. The molecule has 1 heterocycles. The molecule has 5 heteroatoms. The van der Waals surface area contributed by atoms with Gasteiger partial charge in [-0.15, -0.1) is 0 Å². The lowest BCUT2D eigenvalue weighted by Gasteiger charge is -2.30. The molecule has 0 saturated carbocycles. The Bertz CT molecular complexity index is 470. The number of carbonyl (C=O) groups excluding carboxylic acids is 2. The van der Waals surface area contributed by atoms with E-state index in [-0.39, 0.29) is 17.9 Å². The van der Waals surface area contributed by atoms with Crippen LogP contribution in [0.25, 0.3) is 0 Å². The van der Waals surface area contributed by atoms with E-state index in [1.165, 1.54) is 0 Å². The maximum absolute atomic E-state index is 11.9. The summed E-state index contributed by atoms with van der Waals surface area (Å²) >= 11 is 0. The number of carbonyl (C=O) groups is 2. The molecule has 1 aliphatic rings. The molecule has 1 aliphatic heterocycles. The molecule has 2 rings (SSSR count). The van der Waals surface area contributed by atoms with Gasteiger partial charge in [0.2, 0.25) is 11.8 Å². The van der Waals surface area contributed by atoms with Crippen LogP contribution < -0.4 is 11.1 Å². The minimum absolute atomic E-state index is 0.0162. The number of likely N-dealkylation sites (N-methyl/N-ethyl adjacent to an activating group) is 1. The molecule has 1 fully saturated rings. The summed E-state index contributed by atoms with van der Waals surface area (Å²) in [6, 6.07) is 7.34. The highest BCUT2D eigenvalue weighted by Gasteiger charge is 2.23. The summed E-state index contributed by atoms with van der Waals surface area (Å²) in [5, 5.41) is 2.97. The number of amides is 2. The van der Waals surface area contributed by atoms with Crippen LogP contribution in [-0.4, -0.2) is 36.3 Å². The largest absolute Gasteiger partial charge is 0.399 e. The molecule has 3 N–H and O–H groups in total. The van der Waals surface area contributed by atoms with Crippen molar-refractivity contribution in [3.05, 3.63) is 29.8 Å². The van der Waals surface area contributed by atoms with Crippen molar-refractivity contribution in [1.29, 1.82) is 0 Å². The first-order valence-corrected chi connectivity index (χ1v) is 6.42. The van der Waals surface area contributed by atoms with Crippen LogP contribution in [0.3, 0.4) is 0 Å². The molecule has 1 atom stereocenters. The van der Waals surface area contributed by atoms with Gasteiger partial charge in [0.25, 0.3) is 0 Å². The lowest BCUT2D eigenvalue weighted by molar-refractivity contribution is -0.133. The standard InChI is InChI=1S/C14H19N3O2/c1-17-9-12(6-7-14(17)19)16-13(18)8-10-2-4-11(15)5-3-10/h2-5,12H,6-9,15H2,1H3,(H,16,18). The van der Waals surface area contributed by atoms with Gasteiger partial charge in [-0.1, -0.05) is 12.1 Å². The number of benzene rings is 1. The Kier molecular flexibility index (Phi) is 4.04. The van der Waals surface area contributed by atoms with Crippen LogP contribution in [0.1, 0.15) is 18.4 Å². The summed E-state index contributed by atoms with van der Waals surface area (Å²) in [6.07, 6.45) is 1.56. The highest BCUT2D eigenvalue weighted by molar-refractivity contribution is 5.80. The predicted octanol–water partition coefficient (Wildman–Crippen LogP) is 0.548. The Morgan fingerprint density at radius 1 is 1.42 bits per heavy atom. The molecule has 19 heavy (non-hydrogen) atoms. The average molecular weight is 261 g/mol. The minimum Gasteiger partial charge on any atom is -0.399 e. The predicted molar refractivity (Wildman–Crippen MR) is 73.4 cm³/mol. The van der Waals surface area contributed by atoms with Crippen LogP contribution in [0.5, 0.6) is 0 Å². The van der Waals surface area contributed by atoms with Crippen LogP contribution in [0, 0.1) is 0 Å². The van der Waals surface area contributed by atoms with Crippen molar-refractivity contribution in [3.8, 4) is 0 Å². The van der Waals surface area contributed by atoms with Crippen LogP contribution in [0.4, 0.5) is 5.69 Å². The maximum Gasteiger partial charge on any atom is 0.224 e. The fourth-order valence-corrected chi connectivity index (χ4v) is 2.23. The molecule has 1 aromatic rings. The van der Waals surface area contributed by atoms with E-state index < -0.39 is 0 Å². The second-order valence-corrected chi connectivity index (χ2v) is 5.00. The Hall–Kier alpha value is -2.04. The molecule has 1 unspecified atom stereocenters. The maximum atomic E-state index is 11.9. The first-order chi connectivity index (χ1) is 9.04. The van der Waals surface area contributed by atoms with E-state index in [1.807, 2.05) is 12.1 Å². The lowest BCUT2D eigenvalue weighted by atomic mass is 10.0. The van der Waals surface area contributed by atoms with Gasteiger partial charge in [-0.3, -0.25) is 9.59 Å². The summed E-state index contributed by atoms with van der Waals surface area (Å²) in [7, 11) is 1.76. The number of nitrogens with zero attached hydrogens (tertiary/aromatic N) is 1. The quantitative estimate of drug-likeness (QED) is 0.780. The number of piperidine rings is 1. The SMILES string of the molecule is CN1CC(NC(=O)Cc2ccc(N)cc2)CCC1=O. The van der Waals surface area contributed by atoms with Crippen LogP contribution in [-0.2, 0) is 16.0 Å². The van der Waals surface area contributed by atoms with Gasteiger partial charge in [0.15, 0.2) is 0 Å². The van der Waals surface area contributed by atoms with Gasteiger partial charge in [-0.2, -0.15) is 0 Å². The first kappa shape index (κ1) is 13.4. The number of nitrogen functional groups attached to an aromatic ring is 1. The second kappa shape index (κ2) is 5.73. The molecule has 0 aromatic heterocycles. The monoisotopic (exact) mass is 261 g/mol. The van der Waals surface area contributed by atoms with Gasteiger partial charge >= 0.3 is 0 Å². The van der Waals surface area contributed by atoms with Crippen molar-refractivity contribution in [2.24, 2.45) is 0 Å². The molecule has 0 spiro atoms. The van der Waals surface area contributed by atoms with E-state index in [1.54, 1.807) is 24.1 Å². The second-order valence-electron chi connectivity index (χ2n) is 5.00. The van der Waals surface area contributed by atoms with E-state index in [0.717, 1.165) is 12.0 Å². The number of hydrogen-bond acceptors (Lipinski definition) is 3. The Morgan fingerprint density at radius 3 is 2.74 bits per heavy atom. The first-order valence-electron chi connectivity index (χ1n) is 6.42.